The van der Waals surface area contributed by atoms with Crippen LogP contribution in [0.2, 0.25) is 0 Å². The summed E-state index contributed by atoms with van der Waals surface area (Å²) in [5.41, 5.74) is 3.63. The Morgan fingerprint density at radius 3 is 2.15 bits per heavy atom. The van der Waals surface area contributed by atoms with Gasteiger partial charge in [0.2, 0.25) is 10.0 Å². The van der Waals surface area contributed by atoms with Crippen molar-refractivity contribution >= 4 is 21.6 Å². The molecule has 174 valence electrons. The maximum absolute atomic E-state index is 13.2. The first-order chi connectivity index (χ1) is 15.7. The van der Waals surface area contributed by atoms with Gasteiger partial charge in [0.15, 0.2) is 6.10 Å². The van der Waals surface area contributed by atoms with Crippen LogP contribution in [0.4, 0.5) is 5.69 Å². The second-order valence-corrected chi connectivity index (χ2v) is 9.96. The van der Waals surface area contributed by atoms with Gasteiger partial charge in [-0.1, -0.05) is 61.5 Å². The Hall–Kier alpha value is -3.32. The second kappa shape index (κ2) is 10.5. The average Bonchev–Trinajstić information content (AvgIpc) is 2.81. The third-order valence-electron chi connectivity index (χ3n) is 5.56. The zero-order chi connectivity index (χ0) is 24.0. The highest BCUT2D eigenvalue weighted by atomic mass is 32.2. The third kappa shape index (κ3) is 6.14. The summed E-state index contributed by atoms with van der Waals surface area (Å²) in [5.74, 6) is 0.279. The molecular formula is C26H30N2O4S. The molecule has 1 N–H and O–H groups in total. The van der Waals surface area contributed by atoms with E-state index in [4.69, 9.17) is 4.74 Å². The SMILES string of the molecule is CCC(Oc1ccc(N(C)S(C)(=O)=O)cc1)C(=O)NC(c1ccccc1)c1ccccc1C. The number of carbonyl (C=O) groups excluding carboxylic acids is 1. The summed E-state index contributed by atoms with van der Waals surface area (Å²) in [5, 5.41) is 3.16. The van der Waals surface area contributed by atoms with Gasteiger partial charge in [0, 0.05) is 7.05 Å². The van der Waals surface area contributed by atoms with E-state index in [1.165, 1.54) is 11.4 Å². The number of benzene rings is 3. The average molecular weight is 467 g/mol. The minimum Gasteiger partial charge on any atom is -0.481 e. The fraction of sp³-hybridized carbons (Fsp3) is 0.269. The second-order valence-electron chi connectivity index (χ2n) is 7.95. The summed E-state index contributed by atoms with van der Waals surface area (Å²) in [6.07, 6.45) is 0.928. The molecule has 6 nitrogen and oxygen atoms in total. The predicted molar refractivity (Wildman–Crippen MR) is 132 cm³/mol. The van der Waals surface area contributed by atoms with Crippen molar-refractivity contribution in [3.8, 4) is 5.75 Å². The van der Waals surface area contributed by atoms with Crippen LogP contribution in [0.3, 0.4) is 0 Å². The van der Waals surface area contributed by atoms with Gasteiger partial charge in [-0.05, 0) is 54.3 Å². The first-order valence-electron chi connectivity index (χ1n) is 10.8. The van der Waals surface area contributed by atoms with E-state index in [2.05, 4.69) is 5.32 Å². The van der Waals surface area contributed by atoms with E-state index in [0.717, 1.165) is 22.9 Å². The van der Waals surface area contributed by atoms with Crippen LogP contribution in [-0.2, 0) is 14.8 Å². The molecule has 0 saturated carbocycles. The van der Waals surface area contributed by atoms with Crippen LogP contribution < -0.4 is 14.4 Å². The first-order valence-corrected chi connectivity index (χ1v) is 12.7. The van der Waals surface area contributed by atoms with Crippen molar-refractivity contribution in [2.45, 2.75) is 32.4 Å². The molecule has 3 aromatic carbocycles. The minimum atomic E-state index is -3.35. The molecule has 33 heavy (non-hydrogen) atoms. The Kier molecular flexibility index (Phi) is 7.76. The number of aryl methyl sites for hydroxylation is 1. The highest BCUT2D eigenvalue weighted by Crippen LogP contribution is 2.26. The van der Waals surface area contributed by atoms with Crippen molar-refractivity contribution in [3.63, 3.8) is 0 Å². The fourth-order valence-electron chi connectivity index (χ4n) is 3.54. The lowest BCUT2D eigenvalue weighted by molar-refractivity contribution is -0.128. The number of amides is 1. The maximum atomic E-state index is 13.2. The van der Waals surface area contributed by atoms with Gasteiger partial charge in [0.05, 0.1) is 18.0 Å². The molecule has 0 radical (unpaired) electrons. The van der Waals surface area contributed by atoms with E-state index < -0.39 is 16.1 Å². The van der Waals surface area contributed by atoms with Gasteiger partial charge in [-0.3, -0.25) is 9.10 Å². The van der Waals surface area contributed by atoms with Crippen molar-refractivity contribution in [3.05, 3.63) is 95.6 Å². The molecule has 3 rings (SSSR count). The third-order valence-corrected chi connectivity index (χ3v) is 6.76. The molecule has 0 bridgehead atoms. The van der Waals surface area contributed by atoms with E-state index in [1.54, 1.807) is 24.3 Å². The standard InChI is InChI=1S/C26H30N2O4S/c1-5-24(32-22-17-15-21(16-18-22)28(3)33(4,30)31)26(29)27-25(20-12-7-6-8-13-20)23-14-10-9-11-19(23)2/h6-18,24-25H,5H2,1-4H3,(H,27,29). The molecule has 0 fully saturated rings. The van der Waals surface area contributed by atoms with Gasteiger partial charge in [0.25, 0.3) is 5.91 Å². The minimum absolute atomic E-state index is 0.216. The topological polar surface area (TPSA) is 75.7 Å². The Labute approximate surface area is 196 Å². The number of nitrogens with zero attached hydrogens (tertiary/aromatic N) is 1. The molecule has 0 aliphatic heterocycles. The zero-order valence-electron chi connectivity index (χ0n) is 19.4. The van der Waals surface area contributed by atoms with E-state index in [1.807, 2.05) is 68.4 Å². The number of hydrogen-bond donors (Lipinski definition) is 1. The van der Waals surface area contributed by atoms with Crippen LogP contribution in [0, 0.1) is 6.92 Å². The lowest BCUT2D eigenvalue weighted by Gasteiger charge is -2.25. The number of rotatable bonds is 9. The van der Waals surface area contributed by atoms with Gasteiger partial charge < -0.3 is 10.1 Å². The van der Waals surface area contributed by atoms with Crippen LogP contribution in [0.1, 0.15) is 36.1 Å². The van der Waals surface area contributed by atoms with Gasteiger partial charge >= 0.3 is 0 Å². The Balaban J connectivity index is 1.79. The number of sulfonamides is 1. The quantitative estimate of drug-likeness (QED) is 0.505. The van der Waals surface area contributed by atoms with E-state index in [-0.39, 0.29) is 11.9 Å². The fourth-order valence-corrected chi connectivity index (χ4v) is 4.05. The molecule has 1 amide bonds. The molecule has 7 heteroatoms. The summed E-state index contributed by atoms with van der Waals surface area (Å²) in [7, 11) is -1.86. The van der Waals surface area contributed by atoms with Gasteiger partial charge in [-0.15, -0.1) is 0 Å². The smallest absolute Gasteiger partial charge is 0.261 e. The monoisotopic (exact) mass is 466 g/mol. The number of ether oxygens (including phenoxy) is 1. The van der Waals surface area contributed by atoms with E-state index in [0.29, 0.717) is 17.9 Å². The largest absolute Gasteiger partial charge is 0.481 e. The molecule has 0 aliphatic carbocycles. The van der Waals surface area contributed by atoms with Gasteiger partial charge in [0.1, 0.15) is 5.75 Å². The summed E-state index contributed by atoms with van der Waals surface area (Å²) in [6.45, 7) is 3.92. The van der Waals surface area contributed by atoms with Crippen LogP contribution in [0.5, 0.6) is 5.75 Å². The molecule has 0 heterocycles. The molecule has 0 spiro atoms. The van der Waals surface area contributed by atoms with Gasteiger partial charge in [-0.2, -0.15) is 0 Å². The highest BCUT2D eigenvalue weighted by molar-refractivity contribution is 7.92. The maximum Gasteiger partial charge on any atom is 0.261 e. The van der Waals surface area contributed by atoms with Crippen molar-refractivity contribution in [2.75, 3.05) is 17.6 Å². The molecule has 2 unspecified atom stereocenters. The van der Waals surface area contributed by atoms with Crippen molar-refractivity contribution in [1.82, 2.24) is 5.32 Å². The van der Waals surface area contributed by atoms with Crippen molar-refractivity contribution in [2.24, 2.45) is 0 Å². The number of carbonyl (C=O) groups is 1. The lowest BCUT2D eigenvalue weighted by atomic mass is 9.94. The van der Waals surface area contributed by atoms with Crippen molar-refractivity contribution in [1.29, 1.82) is 0 Å². The predicted octanol–water partition coefficient (Wildman–Crippen LogP) is 4.45. The summed E-state index contributed by atoms with van der Waals surface area (Å²) in [6, 6.07) is 24.2. The molecule has 3 aromatic rings. The molecular weight excluding hydrogens is 436 g/mol. The zero-order valence-corrected chi connectivity index (χ0v) is 20.2. The van der Waals surface area contributed by atoms with E-state index in [9.17, 15) is 13.2 Å². The van der Waals surface area contributed by atoms with Gasteiger partial charge in [-0.25, -0.2) is 8.42 Å². The number of anilines is 1. The molecule has 2 atom stereocenters. The van der Waals surface area contributed by atoms with E-state index >= 15 is 0 Å². The Morgan fingerprint density at radius 1 is 0.970 bits per heavy atom. The number of nitrogens with one attached hydrogen (secondary N) is 1. The lowest BCUT2D eigenvalue weighted by Crippen LogP contribution is -2.40. The Bertz CT molecular complexity index is 1180. The molecule has 0 aromatic heterocycles. The van der Waals surface area contributed by atoms with Crippen LogP contribution >= 0.6 is 0 Å². The summed E-state index contributed by atoms with van der Waals surface area (Å²) < 4.78 is 30.6. The summed E-state index contributed by atoms with van der Waals surface area (Å²) in [4.78, 5) is 13.2. The highest BCUT2D eigenvalue weighted by Gasteiger charge is 2.24. The normalized spacial score (nSPS) is 13.1. The Morgan fingerprint density at radius 2 is 1.58 bits per heavy atom. The van der Waals surface area contributed by atoms with Crippen molar-refractivity contribution < 1.29 is 17.9 Å². The van der Waals surface area contributed by atoms with Crippen LogP contribution in [0.25, 0.3) is 0 Å². The molecule has 0 saturated heterocycles. The van der Waals surface area contributed by atoms with Crippen LogP contribution in [0.15, 0.2) is 78.9 Å². The number of hydrogen-bond acceptors (Lipinski definition) is 4. The summed E-state index contributed by atoms with van der Waals surface area (Å²) >= 11 is 0. The van der Waals surface area contributed by atoms with Crippen LogP contribution in [-0.4, -0.2) is 33.7 Å². The molecule has 0 aliphatic rings. The first kappa shape index (κ1) is 24.3.